The summed E-state index contributed by atoms with van der Waals surface area (Å²) in [4.78, 5) is 0. The molecule has 1 saturated carbocycles. The van der Waals surface area contributed by atoms with Gasteiger partial charge in [-0.15, -0.1) is 0 Å². The molecule has 1 aliphatic carbocycles. The van der Waals surface area contributed by atoms with E-state index in [1.165, 1.54) is 5.56 Å². The van der Waals surface area contributed by atoms with Crippen LogP contribution in [0.2, 0.25) is 10.0 Å². The SMILES string of the molecule is C[C@H](O)[C@@H]1C[C@@H]1c1ccc(Cl)c(Cl)c1. The zero-order chi connectivity index (χ0) is 10.3. The van der Waals surface area contributed by atoms with Crippen LogP contribution in [0.3, 0.4) is 0 Å². The predicted octanol–water partition coefficient (Wildman–Crippen LogP) is 3.48. The molecule has 0 amide bonds. The van der Waals surface area contributed by atoms with Gasteiger partial charge in [-0.1, -0.05) is 29.3 Å². The second-order valence-corrected chi connectivity index (χ2v) is 4.73. The Labute approximate surface area is 93.7 Å². The first-order valence-corrected chi connectivity index (χ1v) is 5.48. The van der Waals surface area contributed by atoms with E-state index in [0.29, 0.717) is 21.9 Å². The topological polar surface area (TPSA) is 20.2 Å². The van der Waals surface area contributed by atoms with Gasteiger partial charge < -0.3 is 5.11 Å². The smallest absolute Gasteiger partial charge is 0.0595 e. The zero-order valence-corrected chi connectivity index (χ0v) is 9.39. The summed E-state index contributed by atoms with van der Waals surface area (Å²) < 4.78 is 0. The van der Waals surface area contributed by atoms with E-state index < -0.39 is 0 Å². The van der Waals surface area contributed by atoms with Crippen LogP contribution in [0, 0.1) is 5.92 Å². The maximum absolute atomic E-state index is 9.39. The number of halogens is 2. The van der Waals surface area contributed by atoms with Crippen molar-refractivity contribution in [2.24, 2.45) is 5.92 Å². The van der Waals surface area contributed by atoms with E-state index in [9.17, 15) is 5.11 Å². The van der Waals surface area contributed by atoms with Crippen LogP contribution in [0.15, 0.2) is 18.2 Å². The predicted molar refractivity (Wildman–Crippen MR) is 59.0 cm³/mol. The van der Waals surface area contributed by atoms with E-state index in [-0.39, 0.29) is 6.10 Å². The lowest BCUT2D eigenvalue weighted by molar-refractivity contribution is 0.169. The molecule has 2 rings (SSSR count). The van der Waals surface area contributed by atoms with Gasteiger partial charge in [-0.2, -0.15) is 0 Å². The summed E-state index contributed by atoms with van der Waals surface area (Å²) in [7, 11) is 0. The van der Waals surface area contributed by atoms with E-state index >= 15 is 0 Å². The Balaban J connectivity index is 2.16. The third-order valence-electron chi connectivity index (χ3n) is 2.83. The highest BCUT2D eigenvalue weighted by Crippen LogP contribution is 2.50. The first-order valence-electron chi connectivity index (χ1n) is 4.72. The van der Waals surface area contributed by atoms with Gasteiger partial charge in [0.2, 0.25) is 0 Å². The molecule has 1 nitrogen and oxygen atoms in total. The Hall–Kier alpha value is -0.240. The molecular formula is C11H12Cl2O. The molecule has 0 spiro atoms. The summed E-state index contributed by atoms with van der Waals surface area (Å²) in [6.45, 7) is 1.84. The van der Waals surface area contributed by atoms with E-state index in [0.717, 1.165) is 6.42 Å². The molecule has 1 fully saturated rings. The minimum Gasteiger partial charge on any atom is -0.393 e. The number of hydrogen-bond donors (Lipinski definition) is 1. The van der Waals surface area contributed by atoms with E-state index in [1.54, 1.807) is 0 Å². The van der Waals surface area contributed by atoms with Crippen molar-refractivity contribution in [3.8, 4) is 0 Å². The summed E-state index contributed by atoms with van der Waals surface area (Å²) in [6.07, 6.45) is 0.824. The third-order valence-corrected chi connectivity index (χ3v) is 3.57. The molecule has 0 saturated heterocycles. The minimum absolute atomic E-state index is 0.227. The molecule has 0 heterocycles. The molecule has 1 N–H and O–H groups in total. The molecule has 3 heteroatoms. The number of aliphatic hydroxyl groups is 1. The van der Waals surface area contributed by atoms with Crippen molar-refractivity contribution in [2.75, 3.05) is 0 Å². The van der Waals surface area contributed by atoms with Crippen LogP contribution in [0.5, 0.6) is 0 Å². The largest absolute Gasteiger partial charge is 0.393 e. The molecule has 1 aliphatic rings. The Morgan fingerprint density at radius 1 is 1.36 bits per heavy atom. The summed E-state index contributed by atoms with van der Waals surface area (Å²) in [5.41, 5.74) is 1.19. The van der Waals surface area contributed by atoms with Gasteiger partial charge in [0.05, 0.1) is 16.1 Å². The second kappa shape index (κ2) is 3.73. The minimum atomic E-state index is -0.227. The number of rotatable bonds is 2. The first kappa shape index (κ1) is 10.3. The fraction of sp³-hybridized carbons (Fsp3) is 0.455. The first-order chi connectivity index (χ1) is 6.59. The molecular weight excluding hydrogens is 219 g/mol. The van der Waals surface area contributed by atoms with Gasteiger partial charge in [-0.3, -0.25) is 0 Å². The van der Waals surface area contributed by atoms with Gasteiger partial charge in [0, 0.05) is 0 Å². The zero-order valence-electron chi connectivity index (χ0n) is 7.87. The van der Waals surface area contributed by atoms with Gasteiger partial charge in [0.1, 0.15) is 0 Å². The maximum Gasteiger partial charge on any atom is 0.0595 e. The van der Waals surface area contributed by atoms with Crippen LogP contribution in [-0.4, -0.2) is 11.2 Å². The summed E-state index contributed by atoms with van der Waals surface area (Å²) in [5, 5.41) is 10.6. The average molecular weight is 231 g/mol. The van der Waals surface area contributed by atoms with Crippen molar-refractivity contribution in [3.63, 3.8) is 0 Å². The van der Waals surface area contributed by atoms with Crippen molar-refractivity contribution in [3.05, 3.63) is 33.8 Å². The van der Waals surface area contributed by atoms with E-state index in [4.69, 9.17) is 23.2 Å². The van der Waals surface area contributed by atoms with Crippen molar-refractivity contribution in [2.45, 2.75) is 25.4 Å². The standard InChI is InChI=1S/C11H12Cl2O/c1-6(14)8-5-9(8)7-2-3-10(12)11(13)4-7/h2-4,6,8-9,14H,5H2,1H3/t6-,8-,9+/m0/s1. The number of aliphatic hydroxyl groups excluding tert-OH is 1. The molecule has 0 bridgehead atoms. The Bertz CT molecular complexity index is 349. The second-order valence-electron chi connectivity index (χ2n) is 3.92. The number of benzene rings is 1. The Kier molecular flexibility index (Phi) is 2.74. The van der Waals surface area contributed by atoms with Crippen molar-refractivity contribution in [1.82, 2.24) is 0 Å². The summed E-state index contributed by atoms with van der Waals surface area (Å²) >= 11 is 11.7. The van der Waals surface area contributed by atoms with E-state index in [2.05, 4.69) is 0 Å². The average Bonchev–Trinajstić information content (AvgIpc) is 2.89. The third kappa shape index (κ3) is 1.90. The molecule has 0 radical (unpaired) electrons. The Morgan fingerprint density at radius 3 is 2.57 bits per heavy atom. The molecule has 14 heavy (non-hydrogen) atoms. The lowest BCUT2D eigenvalue weighted by atomic mass is 10.1. The van der Waals surface area contributed by atoms with E-state index in [1.807, 2.05) is 25.1 Å². The van der Waals surface area contributed by atoms with Crippen molar-refractivity contribution >= 4 is 23.2 Å². The highest BCUT2D eigenvalue weighted by atomic mass is 35.5. The van der Waals surface area contributed by atoms with Crippen LogP contribution in [-0.2, 0) is 0 Å². The van der Waals surface area contributed by atoms with Gasteiger partial charge in [-0.25, -0.2) is 0 Å². The molecule has 3 atom stereocenters. The molecule has 0 aliphatic heterocycles. The van der Waals surface area contributed by atoms with Crippen LogP contribution >= 0.6 is 23.2 Å². The maximum atomic E-state index is 9.39. The molecule has 76 valence electrons. The normalized spacial score (nSPS) is 27.4. The quantitative estimate of drug-likeness (QED) is 0.826. The lowest BCUT2D eigenvalue weighted by Gasteiger charge is -2.04. The van der Waals surface area contributed by atoms with Crippen LogP contribution in [0.4, 0.5) is 0 Å². The van der Waals surface area contributed by atoms with Gasteiger partial charge in [0.25, 0.3) is 0 Å². The fourth-order valence-corrected chi connectivity index (χ4v) is 2.18. The van der Waals surface area contributed by atoms with Gasteiger partial charge >= 0.3 is 0 Å². The molecule has 1 aromatic carbocycles. The summed E-state index contributed by atoms with van der Waals surface area (Å²) in [6, 6.07) is 5.70. The Morgan fingerprint density at radius 2 is 2.07 bits per heavy atom. The fourth-order valence-electron chi connectivity index (χ4n) is 1.87. The lowest BCUT2D eigenvalue weighted by Crippen LogP contribution is -2.03. The van der Waals surface area contributed by atoms with Crippen LogP contribution in [0.25, 0.3) is 0 Å². The highest BCUT2D eigenvalue weighted by Gasteiger charge is 2.41. The molecule has 0 aromatic heterocycles. The van der Waals surface area contributed by atoms with Crippen molar-refractivity contribution in [1.29, 1.82) is 0 Å². The van der Waals surface area contributed by atoms with Crippen LogP contribution < -0.4 is 0 Å². The highest BCUT2D eigenvalue weighted by molar-refractivity contribution is 6.42. The monoisotopic (exact) mass is 230 g/mol. The number of hydrogen-bond acceptors (Lipinski definition) is 1. The van der Waals surface area contributed by atoms with Gasteiger partial charge in [-0.05, 0) is 42.9 Å². The molecule has 0 unspecified atom stereocenters. The van der Waals surface area contributed by atoms with Crippen LogP contribution in [0.1, 0.15) is 24.8 Å². The summed E-state index contributed by atoms with van der Waals surface area (Å²) in [5.74, 6) is 0.858. The molecule has 1 aromatic rings. The van der Waals surface area contributed by atoms with Crippen molar-refractivity contribution < 1.29 is 5.11 Å². The van der Waals surface area contributed by atoms with Gasteiger partial charge in [0.15, 0.2) is 0 Å².